The Balaban J connectivity index is 2.08. The fourth-order valence-electron chi connectivity index (χ4n) is 2.36. The largest absolute Gasteiger partial charge is 0.466 e. The molecule has 0 bridgehead atoms. The highest BCUT2D eigenvalue weighted by Gasteiger charge is 2.22. The van der Waals surface area contributed by atoms with Crippen LogP contribution in [0.3, 0.4) is 0 Å². The van der Waals surface area contributed by atoms with Gasteiger partial charge >= 0.3 is 5.97 Å². The van der Waals surface area contributed by atoms with Gasteiger partial charge in [0.1, 0.15) is 0 Å². The summed E-state index contributed by atoms with van der Waals surface area (Å²) in [4.78, 5) is 11.6. The van der Waals surface area contributed by atoms with Crippen LogP contribution in [0.1, 0.15) is 37.3 Å². The number of carbonyl (C=O) groups excluding carboxylic acids is 1. The molecule has 3 heteroatoms. The van der Waals surface area contributed by atoms with Crippen LogP contribution in [0.25, 0.3) is 5.57 Å². The molecule has 98 valence electrons. The van der Waals surface area contributed by atoms with Gasteiger partial charge in [0.15, 0.2) is 0 Å². The molecule has 0 fully saturated rings. The lowest BCUT2D eigenvalue weighted by Gasteiger charge is -2.20. The molecule has 1 atom stereocenters. The van der Waals surface area contributed by atoms with Crippen molar-refractivity contribution >= 4 is 11.5 Å². The van der Waals surface area contributed by atoms with Crippen LogP contribution in [0.2, 0.25) is 0 Å². The second-order valence-electron chi connectivity index (χ2n) is 4.65. The number of nitriles is 1. The van der Waals surface area contributed by atoms with Crippen LogP contribution in [-0.2, 0) is 9.53 Å². The molecule has 1 aliphatic carbocycles. The number of allylic oxidation sites excluding steroid dienone is 2. The summed E-state index contributed by atoms with van der Waals surface area (Å²) in [6, 6.07) is 9.75. The van der Waals surface area contributed by atoms with Crippen molar-refractivity contribution in [1.82, 2.24) is 0 Å². The van der Waals surface area contributed by atoms with Gasteiger partial charge in [0.05, 0.1) is 24.2 Å². The van der Waals surface area contributed by atoms with E-state index in [1.807, 2.05) is 25.1 Å². The van der Waals surface area contributed by atoms with Crippen molar-refractivity contribution in [2.75, 3.05) is 6.61 Å². The third kappa shape index (κ3) is 3.23. The summed E-state index contributed by atoms with van der Waals surface area (Å²) in [7, 11) is 0. The van der Waals surface area contributed by atoms with E-state index in [0.717, 1.165) is 24.8 Å². The van der Waals surface area contributed by atoms with Gasteiger partial charge in [0.25, 0.3) is 0 Å². The maximum Gasteiger partial charge on any atom is 0.309 e. The van der Waals surface area contributed by atoms with Gasteiger partial charge in [-0.25, -0.2) is 0 Å². The molecule has 1 aromatic carbocycles. The molecule has 0 N–H and O–H groups in total. The maximum absolute atomic E-state index is 11.6. The van der Waals surface area contributed by atoms with Crippen LogP contribution in [0, 0.1) is 17.2 Å². The molecule has 0 saturated carbocycles. The Morgan fingerprint density at radius 3 is 3.00 bits per heavy atom. The second-order valence-corrected chi connectivity index (χ2v) is 4.65. The molecule has 0 heterocycles. The summed E-state index contributed by atoms with van der Waals surface area (Å²) in [6.45, 7) is 2.27. The summed E-state index contributed by atoms with van der Waals surface area (Å²) >= 11 is 0. The van der Waals surface area contributed by atoms with Crippen molar-refractivity contribution in [3.8, 4) is 6.07 Å². The van der Waals surface area contributed by atoms with Crippen molar-refractivity contribution in [3.63, 3.8) is 0 Å². The van der Waals surface area contributed by atoms with Crippen molar-refractivity contribution in [2.45, 2.75) is 26.2 Å². The van der Waals surface area contributed by atoms with E-state index < -0.39 is 0 Å². The van der Waals surface area contributed by atoms with Gasteiger partial charge in [-0.3, -0.25) is 4.79 Å². The van der Waals surface area contributed by atoms with E-state index in [4.69, 9.17) is 10.00 Å². The summed E-state index contributed by atoms with van der Waals surface area (Å²) in [5, 5.41) is 8.90. The van der Waals surface area contributed by atoms with Gasteiger partial charge in [-0.05, 0) is 49.5 Å². The topological polar surface area (TPSA) is 50.1 Å². The van der Waals surface area contributed by atoms with Crippen LogP contribution < -0.4 is 0 Å². The van der Waals surface area contributed by atoms with Crippen LogP contribution in [-0.4, -0.2) is 12.6 Å². The standard InChI is InChI=1S/C16H17NO2/c1-2-19-16(18)14-8-6-13(7-9-14)15-5-3-4-12(10-15)11-17/h3-6,10,14H,2,7-9H2,1H3/t14-/m1/s1. The van der Waals surface area contributed by atoms with E-state index in [1.165, 1.54) is 5.57 Å². The first kappa shape index (κ1) is 13.4. The minimum atomic E-state index is -0.0939. The molecule has 1 aromatic rings. The Morgan fingerprint density at radius 2 is 2.37 bits per heavy atom. The number of carbonyl (C=O) groups is 1. The minimum Gasteiger partial charge on any atom is -0.466 e. The number of hydrogen-bond donors (Lipinski definition) is 0. The first-order valence-electron chi connectivity index (χ1n) is 6.60. The first-order valence-corrected chi connectivity index (χ1v) is 6.60. The minimum absolute atomic E-state index is 0.0113. The lowest BCUT2D eigenvalue weighted by Crippen LogP contribution is -2.19. The monoisotopic (exact) mass is 255 g/mol. The highest BCUT2D eigenvalue weighted by Crippen LogP contribution is 2.31. The molecule has 19 heavy (non-hydrogen) atoms. The van der Waals surface area contributed by atoms with E-state index >= 15 is 0 Å². The normalized spacial score (nSPS) is 18.3. The maximum atomic E-state index is 11.6. The zero-order valence-electron chi connectivity index (χ0n) is 11.1. The average Bonchev–Trinajstić information content (AvgIpc) is 2.48. The summed E-state index contributed by atoms with van der Waals surface area (Å²) in [5.74, 6) is -0.105. The quantitative estimate of drug-likeness (QED) is 0.778. The van der Waals surface area contributed by atoms with Gasteiger partial charge in [0, 0.05) is 0 Å². The van der Waals surface area contributed by atoms with Crippen LogP contribution in [0.4, 0.5) is 0 Å². The number of hydrogen-bond acceptors (Lipinski definition) is 3. The second kappa shape index (κ2) is 6.19. The van der Waals surface area contributed by atoms with Crippen molar-refractivity contribution < 1.29 is 9.53 Å². The summed E-state index contributed by atoms with van der Waals surface area (Å²) in [6.07, 6.45) is 4.51. The van der Waals surface area contributed by atoms with Crippen LogP contribution in [0.15, 0.2) is 30.3 Å². The molecule has 0 saturated heterocycles. The molecule has 0 aromatic heterocycles. The van der Waals surface area contributed by atoms with Crippen LogP contribution >= 0.6 is 0 Å². The first-order chi connectivity index (χ1) is 9.24. The third-order valence-corrected chi connectivity index (χ3v) is 3.39. The molecule has 0 aliphatic heterocycles. The van der Waals surface area contributed by atoms with E-state index in [1.54, 1.807) is 6.07 Å². The van der Waals surface area contributed by atoms with Crippen LogP contribution in [0.5, 0.6) is 0 Å². The summed E-state index contributed by atoms with van der Waals surface area (Å²) < 4.78 is 5.05. The molecule has 0 spiro atoms. The van der Waals surface area contributed by atoms with Crippen molar-refractivity contribution in [1.29, 1.82) is 5.26 Å². The fourth-order valence-corrected chi connectivity index (χ4v) is 2.36. The smallest absolute Gasteiger partial charge is 0.309 e. The predicted octanol–water partition coefficient (Wildman–Crippen LogP) is 3.30. The van der Waals surface area contributed by atoms with Crippen molar-refractivity contribution in [3.05, 3.63) is 41.5 Å². The molecular weight excluding hydrogens is 238 g/mol. The highest BCUT2D eigenvalue weighted by molar-refractivity contribution is 5.75. The number of ether oxygens (including phenoxy) is 1. The lowest BCUT2D eigenvalue weighted by atomic mass is 9.86. The van der Waals surface area contributed by atoms with E-state index in [0.29, 0.717) is 12.2 Å². The molecule has 0 radical (unpaired) electrons. The molecule has 1 aliphatic rings. The Hall–Kier alpha value is -2.08. The SMILES string of the molecule is CCOC(=O)[C@@H]1CC=C(c2cccc(C#N)c2)CC1. The average molecular weight is 255 g/mol. The van der Waals surface area contributed by atoms with Gasteiger partial charge in [0.2, 0.25) is 0 Å². The van der Waals surface area contributed by atoms with Crippen molar-refractivity contribution in [2.24, 2.45) is 5.92 Å². The van der Waals surface area contributed by atoms with Gasteiger partial charge in [-0.1, -0.05) is 18.2 Å². The fraction of sp³-hybridized carbons (Fsp3) is 0.375. The number of esters is 1. The zero-order chi connectivity index (χ0) is 13.7. The predicted molar refractivity (Wildman–Crippen MR) is 73.1 cm³/mol. The van der Waals surface area contributed by atoms with Gasteiger partial charge < -0.3 is 4.74 Å². The molecule has 0 amide bonds. The Kier molecular flexibility index (Phi) is 4.35. The number of nitrogens with zero attached hydrogens (tertiary/aromatic N) is 1. The Bertz CT molecular complexity index is 540. The third-order valence-electron chi connectivity index (χ3n) is 3.39. The highest BCUT2D eigenvalue weighted by atomic mass is 16.5. The van der Waals surface area contributed by atoms with E-state index in [-0.39, 0.29) is 11.9 Å². The van der Waals surface area contributed by atoms with E-state index in [9.17, 15) is 4.79 Å². The van der Waals surface area contributed by atoms with E-state index in [2.05, 4.69) is 12.1 Å². The zero-order valence-corrected chi connectivity index (χ0v) is 11.1. The summed E-state index contributed by atoms with van der Waals surface area (Å²) in [5.41, 5.74) is 2.98. The molecule has 0 unspecified atom stereocenters. The van der Waals surface area contributed by atoms with Gasteiger partial charge in [-0.2, -0.15) is 5.26 Å². The molecular formula is C16H17NO2. The Morgan fingerprint density at radius 1 is 1.53 bits per heavy atom. The lowest BCUT2D eigenvalue weighted by molar-refractivity contribution is -0.148. The molecule has 3 nitrogen and oxygen atoms in total. The Labute approximate surface area is 113 Å². The molecule has 2 rings (SSSR count). The van der Waals surface area contributed by atoms with Gasteiger partial charge in [-0.15, -0.1) is 0 Å². The number of rotatable bonds is 3. The number of benzene rings is 1.